The number of fused-ring (bicyclic) bond motifs is 1. The Hall–Kier alpha value is -1.92. The quantitative estimate of drug-likeness (QED) is 0.858. The number of piperidine rings is 1. The van der Waals surface area contributed by atoms with E-state index in [9.17, 15) is 4.79 Å². The number of nitrogens with zero attached hydrogens (tertiary/aromatic N) is 4. The Bertz CT molecular complexity index is 877. The number of aryl methyl sites for hydroxylation is 1. The van der Waals surface area contributed by atoms with Crippen LogP contribution in [0.4, 0.5) is 0 Å². The summed E-state index contributed by atoms with van der Waals surface area (Å²) in [6.07, 6.45) is 3.09. The molecule has 0 bridgehead atoms. The number of hydrogen-bond acceptors (Lipinski definition) is 4. The lowest BCUT2D eigenvalue weighted by atomic mass is 9.72. The summed E-state index contributed by atoms with van der Waals surface area (Å²) >= 11 is 6.02. The molecule has 148 valence electrons. The first-order valence-electron chi connectivity index (χ1n) is 10.2. The van der Waals surface area contributed by atoms with E-state index in [1.807, 2.05) is 19.1 Å². The van der Waals surface area contributed by atoms with E-state index >= 15 is 0 Å². The Morgan fingerprint density at radius 3 is 2.75 bits per heavy atom. The molecular weight excluding hydrogens is 374 g/mol. The van der Waals surface area contributed by atoms with Gasteiger partial charge in [-0.1, -0.05) is 23.7 Å². The van der Waals surface area contributed by atoms with Gasteiger partial charge in [-0.3, -0.25) is 14.8 Å². The Labute approximate surface area is 170 Å². The summed E-state index contributed by atoms with van der Waals surface area (Å²) in [6, 6.07) is 8.10. The van der Waals surface area contributed by atoms with E-state index in [4.69, 9.17) is 16.6 Å². The van der Waals surface area contributed by atoms with E-state index in [1.54, 1.807) is 0 Å². The molecule has 6 nitrogen and oxygen atoms in total. The fourth-order valence-electron chi connectivity index (χ4n) is 4.93. The van der Waals surface area contributed by atoms with E-state index in [0.29, 0.717) is 11.8 Å². The number of amides is 1. The Balaban J connectivity index is 1.37. The second kappa shape index (κ2) is 6.85. The largest absolute Gasteiger partial charge is 0.341 e. The zero-order valence-electron chi connectivity index (χ0n) is 16.2. The molecule has 1 aromatic heterocycles. The average Bonchev–Trinajstić information content (AvgIpc) is 3.33. The lowest BCUT2D eigenvalue weighted by Gasteiger charge is -2.41. The van der Waals surface area contributed by atoms with E-state index in [0.717, 1.165) is 68.7 Å². The fraction of sp³-hybridized carbons (Fsp3) is 0.571. The summed E-state index contributed by atoms with van der Waals surface area (Å²) < 4.78 is 0. The molecular formula is C21H26ClN5O. The third kappa shape index (κ3) is 3.22. The van der Waals surface area contributed by atoms with Crippen molar-refractivity contribution in [2.75, 3.05) is 26.2 Å². The highest BCUT2D eigenvalue weighted by Crippen LogP contribution is 2.45. The normalized spacial score (nSPS) is 27.8. The molecule has 28 heavy (non-hydrogen) atoms. The van der Waals surface area contributed by atoms with Gasteiger partial charge in [0.25, 0.3) is 0 Å². The van der Waals surface area contributed by atoms with E-state index in [-0.39, 0.29) is 11.3 Å². The summed E-state index contributed by atoms with van der Waals surface area (Å²) in [6.45, 7) is 6.38. The molecule has 1 saturated carbocycles. The van der Waals surface area contributed by atoms with E-state index in [2.05, 4.69) is 32.1 Å². The maximum atomic E-state index is 12.8. The first-order chi connectivity index (χ1) is 13.5. The van der Waals surface area contributed by atoms with Gasteiger partial charge >= 0.3 is 0 Å². The number of carbonyl (C=O) groups is 1. The van der Waals surface area contributed by atoms with Crippen molar-refractivity contribution in [1.82, 2.24) is 25.0 Å². The Kier molecular flexibility index (Phi) is 4.43. The average molecular weight is 400 g/mol. The summed E-state index contributed by atoms with van der Waals surface area (Å²) in [5.41, 5.74) is 1.15. The monoisotopic (exact) mass is 399 g/mol. The third-order valence-electron chi connectivity index (χ3n) is 6.65. The van der Waals surface area contributed by atoms with Gasteiger partial charge in [0, 0.05) is 43.0 Å². The Morgan fingerprint density at radius 2 is 2.07 bits per heavy atom. The van der Waals surface area contributed by atoms with Crippen molar-refractivity contribution in [2.45, 2.75) is 38.1 Å². The van der Waals surface area contributed by atoms with Crippen molar-refractivity contribution >= 4 is 17.5 Å². The molecule has 0 unspecified atom stereocenters. The number of aromatic nitrogens is 3. The minimum atomic E-state index is -0.119. The van der Waals surface area contributed by atoms with Gasteiger partial charge in [-0.15, -0.1) is 0 Å². The number of benzene rings is 1. The minimum Gasteiger partial charge on any atom is -0.341 e. The van der Waals surface area contributed by atoms with Gasteiger partial charge in [-0.2, -0.15) is 5.10 Å². The lowest BCUT2D eigenvalue weighted by molar-refractivity contribution is -0.131. The highest BCUT2D eigenvalue weighted by Gasteiger charge is 2.54. The molecule has 5 rings (SSSR count). The zero-order chi connectivity index (χ0) is 19.3. The van der Waals surface area contributed by atoms with Crippen LogP contribution in [0.5, 0.6) is 0 Å². The molecule has 2 saturated heterocycles. The molecule has 2 aliphatic heterocycles. The fourth-order valence-corrected chi connectivity index (χ4v) is 5.06. The summed E-state index contributed by atoms with van der Waals surface area (Å²) in [4.78, 5) is 22.1. The SMILES string of the molecule is Cc1nc([C@@]23CCN(Cc4ccc(Cl)cc4)C[C@@H]2CN(C(=O)C2CC2)C3)n[nH]1. The van der Waals surface area contributed by atoms with Crippen LogP contribution in [0.15, 0.2) is 24.3 Å². The standard InChI is InChI=1S/C21H26ClN5O/c1-14-23-20(25-24-14)21-8-9-26(10-15-2-6-18(22)7-3-15)11-17(21)12-27(13-21)19(28)16-4-5-16/h2-3,6-7,16-17H,4-5,8-13H2,1H3,(H,23,24,25)/t17-,21-/m1/s1. The second-order valence-electron chi connectivity index (χ2n) is 8.70. The van der Waals surface area contributed by atoms with Crippen molar-refractivity contribution in [1.29, 1.82) is 0 Å². The predicted octanol–water partition coefficient (Wildman–Crippen LogP) is 2.78. The third-order valence-corrected chi connectivity index (χ3v) is 6.90. The van der Waals surface area contributed by atoms with Gasteiger partial charge in [-0.25, -0.2) is 4.98 Å². The number of hydrogen-bond donors (Lipinski definition) is 1. The second-order valence-corrected chi connectivity index (χ2v) is 9.14. The van der Waals surface area contributed by atoms with E-state index in [1.165, 1.54) is 5.56 Å². The van der Waals surface area contributed by atoms with Crippen LogP contribution >= 0.6 is 11.6 Å². The predicted molar refractivity (Wildman–Crippen MR) is 107 cm³/mol. The van der Waals surface area contributed by atoms with Crippen molar-refractivity contribution in [3.63, 3.8) is 0 Å². The molecule has 3 aliphatic rings. The van der Waals surface area contributed by atoms with Gasteiger partial charge in [0.2, 0.25) is 5.91 Å². The van der Waals surface area contributed by atoms with Crippen LogP contribution in [0, 0.1) is 18.8 Å². The molecule has 1 aromatic carbocycles. The van der Waals surface area contributed by atoms with Crippen molar-refractivity contribution in [3.8, 4) is 0 Å². The van der Waals surface area contributed by atoms with Crippen molar-refractivity contribution < 1.29 is 4.79 Å². The van der Waals surface area contributed by atoms with Crippen LogP contribution in [0.1, 0.15) is 36.5 Å². The van der Waals surface area contributed by atoms with Gasteiger partial charge < -0.3 is 4.90 Å². The molecule has 2 aromatic rings. The van der Waals surface area contributed by atoms with Crippen LogP contribution in [-0.4, -0.2) is 57.1 Å². The number of nitrogens with one attached hydrogen (secondary N) is 1. The molecule has 1 amide bonds. The zero-order valence-corrected chi connectivity index (χ0v) is 17.0. The Morgan fingerprint density at radius 1 is 1.29 bits per heavy atom. The van der Waals surface area contributed by atoms with Gasteiger partial charge in [-0.05, 0) is 50.4 Å². The summed E-state index contributed by atoms with van der Waals surface area (Å²) in [7, 11) is 0. The van der Waals surface area contributed by atoms with Crippen LogP contribution in [0.3, 0.4) is 0 Å². The molecule has 0 radical (unpaired) electrons. The first kappa shape index (κ1) is 18.1. The molecule has 2 atom stereocenters. The van der Waals surface area contributed by atoms with E-state index < -0.39 is 0 Å². The molecule has 3 heterocycles. The number of rotatable bonds is 4. The highest BCUT2D eigenvalue weighted by molar-refractivity contribution is 6.30. The maximum Gasteiger partial charge on any atom is 0.225 e. The van der Waals surface area contributed by atoms with Crippen LogP contribution in [-0.2, 0) is 16.8 Å². The van der Waals surface area contributed by atoms with Gasteiger partial charge in [0.15, 0.2) is 5.82 Å². The number of aromatic amines is 1. The molecule has 3 fully saturated rings. The van der Waals surface area contributed by atoms with Crippen molar-refractivity contribution in [2.24, 2.45) is 11.8 Å². The molecule has 1 N–H and O–H groups in total. The van der Waals surface area contributed by atoms with Gasteiger partial charge in [0.05, 0.1) is 5.41 Å². The maximum absolute atomic E-state index is 12.8. The number of H-pyrrole nitrogens is 1. The van der Waals surface area contributed by atoms with Crippen LogP contribution in [0.2, 0.25) is 5.02 Å². The number of carbonyl (C=O) groups excluding carboxylic acids is 1. The minimum absolute atomic E-state index is 0.119. The number of halogens is 1. The number of likely N-dealkylation sites (tertiary alicyclic amines) is 2. The van der Waals surface area contributed by atoms with Crippen LogP contribution in [0.25, 0.3) is 0 Å². The summed E-state index contributed by atoms with van der Waals surface area (Å²) in [5, 5.41) is 8.33. The van der Waals surface area contributed by atoms with Crippen LogP contribution < -0.4 is 0 Å². The molecule has 7 heteroatoms. The van der Waals surface area contributed by atoms with Gasteiger partial charge in [0.1, 0.15) is 5.82 Å². The molecule has 0 spiro atoms. The first-order valence-corrected chi connectivity index (χ1v) is 10.6. The lowest BCUT2D eigenvalue weighted by Crippen LogP contribution is -2.49. The topological polar surface area (TPSA) is 65.1 Å². The molecule has 1 aliphatic carbocycles. The smallest absolute Gasteiger partial charge is 0.225 e. The summed E-state index contributed by atoms with van der Waals surface area (Å²) in [5.74, 6) is 2.71. The van der Waals surface area contributed by atoms with Crippen molar-refractivity contribution in [3.05, 3.63) is 46.5 Å². The highest BCUT2D eigenvalue weighted by atomic mass is 35.5.